The molecule has 106 valence electrons. The molecule has 0 heterocycles. The van der Waals surface area contributed by atoms with Gasteiger partial charge in [0.15, 0.2) is 11.5 Å². The zero-order chi connectivity index (χ0) is 17.0. The number of halogens is 3. The van der Waals surface area contributed by atoms with Crippen LogP contribution in [0.2, 0.25) is 0 Å². The van der Waals surface area contributed by atoms with Gasteiger partial charge in [0.25, 0.3) is 3.79 Å². The highest BCUT2D eigenvalue weighted by Crippen LogP contribution is 2.29. The predicted molar refractivity (Wildman–Crippen MR) is 77.2 cm³/mol. The lowest BCUT2D eigenvalue weighted by atomic mass is 10.1. The van der Waals surface area contributed by atoms with Crippen LogP contribution in [0.4, 0.5) is 0 Å². The van der Waals surface area contributed by atoms with E-state index in [2.05, 4.69) is 0 Å². The summed E-state index contributed by atoms with van der Waals surface area (Å²) in [5, 5.41) is 7.39. The van der Waals surface area contributed by atoms with Gasteiger partial charge in [-0.2, -0.15) is 0 Å². The minimum Gasteiger partial charge on any atom is -0.493 e. The fraction of sp³-hybridized carbons (Fsp3) is 0.417. The van der Waals surface area contributed by atoms with Crippen molar-refractivity contribution in [3.63, 3.8) is 0 Å². The average molecular weight is 330 g/mol. The fourth-order valence-electron chi connectivity index (χ4n) is 1.31. The molecule has 0 spiro atoms. The maximum atomic E-state index is 7.39. The van der Waals surface area contributed by atoms with Crippen LogP contribution in [0.25, 0.3) is 0 Å². The van der Waals surface area contributed by atoms with Crippen LogP contribution in [-0.2, 0) is 11.2 Å². The first kappa shape index (κ1) is 11.9. The van der Waals surface area contributed by atoms with Crippen LogP contribution in [0.3, 0.4) is 0 Å². The molecule has 4 nitrogen and oxygen atoms in total. The van der Waals surface area contributed by atoms with Gasteiger partial charge in [0.2, 0.25) is 5.90 Å². The molecule has 0 bridgehead atoms. The molecule has 1 aromatic carbocycles. The normalized spacial score (nSPS) is 14.0. The third kappa shape index (κ3) is 4.97. The monoisotopic (exact) mass is 328 g/mol. The summed E-state index contributed by atoms with van der Waals surface area (Å²) in [5.74, 6) is -0.0868. The predicted octanol–water partition coefficient (Wildman–Crippen LogP) is 3.61. The van der Waals surface area contributed by atoms with Crippen LogP contribution in [0.15, 0.2) is 18.2 Å². The quantitative estimate of drug-likeness (QED) is 0.510. The maximum absolute atomic E-state index is 7.39. The molecule has 1 N–H and O–H groups in total. The lowest BCUT2D eigenvalue weighted by Crippen LogP contribution is -2.22. The Hall–Kier alpha value is -0.840. The molecule has 0 saturated heterocycles. The van der Waals surface area contributed by atoms with Crippen LogP contribution < -0.4 is 9.47 Å². The van der Waals surface area contributed by atoms with E-state index in [4.69, 9.17) is 58.5 Å². The number of ether oxygens (including phenoxy) is 3. The van der Waals surface area contributed by atoms with Gasteiger partial charge in [0, 0.05) is 6.42 Å². The van der Waals surface area contributed by atoms with Crippen LogP contribution in [-0.4, -0.2) is 30.4 Å². The molecule has 0 saturated carbocycles. The summed E-state index contributed by atoms with van der Waals surface area (Å²) in [4.78, 5) is 0. The molecule has 0 aliphatic heterocycles. The Labute approximate surface area is 131 Å². The number of nitrogens with one attached hydrogen (secondary N) is 1. The molecule has 1 aromatic rings. The molecule has 0 fully saturated rings. The number of hydrogen-bond acceptors (Lipinski definition) is 4. The molecule has 19 heavy (non-hydrogen) atoms. The first-order chi connectivity index (χ1) is 10.0. The van der Waals surface area contributed by atoms with Gasteiger partial charge in [-0.05, 0) is 17.7 Å². The smallest absolute Gasteiger partial charge is 0.265 e. The van der Waals surface area contributed by atoms with E-state index < -0.39 is 16.7 Å². The molecule has 7 heteroatoms. The number of rotatable bonds is 5. The van der Waals surface area contributed by atoms with Gasteiger partial charge >= 0.3 is 0 Å². The van der Waals surface area contributed by atoms with Gasteiger partial charge in [-0.25, -0.2) is 0 Å². The van der Waals surface area contributed by atoms with E-state index >= 15 is 0 Å². The summed E-state index contributed by atoms with van der Waals surface area (Å²) < 4.78 is 34.4. The highest BCUT2D eigenvalue weighted by atomic mass is 35.6. The third-order valence-corrected chi connectivity index (χ3v) is 2.75. The lowest BCUT2D eigenvalue weighted by molar-refractivity contribution is 0.299. The molecule has 0 aromatic heterocycles. The minimum absolute atomic E-state index is 0.0896. The summed E-state index contributed by atoms with van der Waals surface area (Å²) >= 11 is 16.5. The lowest BCUT2D eigenvalue weighted by Gasteiger charge is -2.14. The molecule has 0 atom stereocenters. The molecule has 0 unspecified atom stereocenters. The Morgan fingerprint density at radius 3 is 2.63 bits per heavy atom. The standard InChI is InChI=1S/C12H14Cl3NO3/c1-17-9-4-3-8(7-10(9)18-2)5-6-19-11(16)12(13,14)15/h3-4,7,16H,5-6H2,1-2H3/i2D3. The molecular weight excluding hydrogens is 312 g/mol. The number of alkyl halides is 3. The van der Waals surface area contributed by atoms with Crippen LogP contribution >= 0.6 is 34.8 Å². The van der Waals surface area contributed by atoms with E-state index in [1.165, 1.54) is 13.2 Å². The molecule has 1 rings (SSSR count). The van der Waals surface area contributed by atoms with Crippen molar-refractivity contribution in [1.29, 1.82) is 5.41 Å². The van der Waals surface area contributed by atoms with Crippen molar-refractivity contribution in [1.82, 2.24) is 0 Å². The van der Waals surface area contributed by atoms with Crippen LogP contribution in [0, 0.1) is 5.41 Å². The SMILES string of the molecule is [2H]C([2H])([2H])Oc1cc(CCOC(=N)C(Cl)(Cl)Cl)ccc1OC. The van der Waals surface area contributed by atoms with E-state index in [0.29, 0.717) is 12.2 Å². The maximum Gasteiger partial charge on any atom is 0.265 e. The zero-order valence-electron chi connectivity index (χ0n) is 13.0. The summed E-state index contributed by atoms with van der Waals surface area (Å²) in [5.41, 5.74) is 0.720. The van der Waals surface area contributed by atoms with Crippen molar-refractivity contribution in [2.45, 2.75) is 10.2 Å². The Kier molecular flexibility index (Phi) is 4.45. The van der Waals surface area contributed by atoms with E-state index in [0.717, 1.165) is 5.56 Å². The fourth-order valence-corrected chi connectivity index (χ4v) is 1.47. The highest BCUT2D eigenvalue weighted by Gasteiger charge is 2.28. The molecule has 0 amide bonds. The molecule has 0 radical (unpaired) electrons. The Morgan fingerprint density at radius 1 is 1.32 bits per heavy atom. The van der Waals surface area contributed by atoms with E-state index in [1.54, 1.807) is 12.1 Å². The van der Waals surface area contributed by atoms with Gasteiger partial charge in [0.1, 0.15) is 0 Å². The first-order valence-electron chi connectivity index (χ1n) is 6.67. The van der Waals surface area contributed by atoms with Gasteiger partial charge in [-0.1, -0.05) is 40.9 Å². The van der Waals surface area contributed by atoms with E-state index in [1.807, 2.05) is 0 Å². The zero-order valence-corrected chi connectivity index (χ0v) is 12.3. The Bertz CT molecular complexity index is 533. The van der Waals surface area contributed by atoms with Crippen LogP contribution in [0.1, 0.15) is 9.68 Å². The molecule has 0 aliphatic carbocycles. The highest BCUT2D eigenvalue weighted by molar-refractivity contribution is 6.76. The first-order valence-corrected chi connectivity index (χ1v) is 6.31. The average Bonchev–Trinajstić information content (AvgIpc) is 2.36. The van der Waals surface area contributed by atoms with E-state index in [9.17, 15) is 0 Å². The van der Waals surface area contributed by atoms with E-state index in [-0.39, 0.29) is 12.4 Å². The summed E-state index contributed by atoms with van der Waals surface area (Å²) in [6, 6.07) is 4.82. The van der Waals surface area contributed by atoms with Crippen LogP contribution in [0.5, 0.6) is 11.5 Å². The van der Waals surface area contributed by atoms with Crippen molar-refractivity contribution in [3.8, 4) is 11.5 Å². The second kappa shape index (κ2) is 7.08. The topological polar surface area (TPSA) is 51.5 Å². The molecule has 0 aliphatic rings. The second-order valence-corrected chi connectivity index (χ2v) is 5.79. The van der Waals surface area contributed by atoms with Gasteiger partial charge in [-0.3, -0.25) is 5.41 Å². The Morgan fingerprint density at radius 2 is 2.05 bits per heavy atom. The van der Waals surface area contributed by atoms with Crippen molar-refractivity contribution >= 4 is 40.7 Å². The number of hydrogen-bond donors (Lipinski definition) is 1. The largest absolute Gasteiger partial charge is 0.493 e. The van der Waals surface area contributed by atoms with Crippen molar-refractivity contribution < 1.29 is 18.3 Å². The van der Waals surface area contributed by atoms with Crippen molar-refractivity contribution in [3.05, 3.63) is 23.8 Å². The summed E-state index contributed by atoms with van der Waals surface area (Å²) in [6.45, 7) is 0.0896. The number of methoxy groups -OCH3 is 2. The third-order valence-electron chi connectivity index (χ3n) is 2.23. The van der Waals surface area contributed by atoms with Crippen molar-refractivity contribution in [2.75, 3.05) is 20.8 Å². The summed E-state index contributed by atoms with van der Waals surface area (Å²) in [6.07, 6.45) is 0.366. The number of benzene rings is 1. The molecular formula is C12H14Cl3NO3. The second-order valence-electron chi connectivity index (χ2n) is 3.51. The summed E-state index contributed by atoms with van der Waals surface area (Å²) in [7, 11) is -1.17. The van der Waals surface area contributed by atoms with Gasteiger partial charge in [0.05, 0.1) is 24.9 Å². The van der Waals surface area contributed by atoms with Gasteiger partial charge < -0.3 is 14.2 Å². The van der Waals surface area contributed by atoms with Gasteiger partial charge in [-0.15, -0.1) is 0 Å². The minimum atomic E-state index is -2.58. The van der Waals surface area contributed by atoms with Crippen molar-refractivity contribution in [2.24, 2.45) is 0 Å². The Balaban J connectivity index is 2.72.